The molecule has 0 saturated carbocycles. The summed E-state index contributed by atoms with van der Waals surface area (Å²) in [5.74, 6) is 0.224. The summed E-state index contributed by atoms with van der Waals surface area (Å²) in [6, 6.07) is 19.4. The van der Waals surface area contributed by atoms with Crippen LogP contribution in [0, 0.1) is 0 Å². The Balaban J connectivity index is 1.58. The number of benzene rings is 2. The third kappa shape index (κ3) is 6.86. The largest absolute Gasteiger partial charge is 0.489 e. The zero-order chi connectivity index (χ0) is 22.2. The van der Waals surface area contributed by atoms with E-state index >= 15 is 0 Å². The van der Waals surface area contributed by atoms with E-state index in [1.165, 1.54) is 21.7 Å². The van der Waals surface area contributed by atoms with Gasteiger partial charge in [0.2, 0.25) is 0 Å². The van der Waals surface area contributed by atoms with E-state index in [0.29, 0.717) is 24.5 Å². The number of hydrogen-bond acceptors (Lipinski definition) is 4. The van der Waals surface area contributed by atoms with E-state index in [0.717, 1.165) is 11.1 Å². The lowest BCUT2D eigenvalue weighted by Gasteiger charge is -2.16. The molecule has 3 aromatic rings. The molecule has 0 spiro atoms. The molecule has 0 fully saturated rings. The Kier molecular flexibility index (Phi) is 7.67. The summed E-state index contributed by atoms with van der Waals surface area (Å²) in [5, 5.41) is 0. The number of halogens is 2. The summed E-state index contributed by atoms with van der Waals surface area (Å²) in [6.45, 7) is 0.307. The summed E-state index contributed by atoms with van der Waals surface area (Å²) in [5.41, 5.74) is 1.95. The molecule has 0 aliphatic rings. The number of alkyl halides is 2. The van der Waals surface area contributed by atoms with Crippen molar-refractivity contribution < 1.29 is 18.3 Å². The van der Waals surface area contributed by atoms with Crippen LogP contribution in [0.2, 0.25) is 0 Å². The van der Waals surface area contributed by atoms with Crippen molar-refractivity contribution >= 4 is 5.78 Å². The third-order valence-corrected chi connectivity index (χ3v) is 4.71. The lowest BCUT2D eigenvalue weighted by Crippen LogP contribution is -2.24. The van der Waals surface area contributed by atoms with Crippen molar-refractivity contribution in [2.45, 2.75) is 26.1 Å². The van der Waals surface area contributed by atoms with Crippen LogP contribution >= 0.6 is 0 Å². The molecule has 2 aromatic carbocycles. The lowest BCUT2D eigenvalue weighted by atomic mass is 10.1. The number of pyridine rings is 1. The topological polar surface area (TPSA) is 51.5 Å². The quantitative estimate of drug-likeness (QED) is 0.460. The van der Waals surface area contributed by atoms with Crippen LogP contribution in [0.1, 0.15) is 21.5 Å². The Hall–Kier alpha value is -3.32. The summed E-state index contributed by atoms with van der Waals surface area (Å²) in [4.78, 5) is 26.4. The van der Waals surface area contributed by atoms with Gasteiger partial charge in [0, 0.05) is 24.4 Å². The third-order valence-electron chi connectivity index (χ3n) is 4.71. The Morgan fingerprint density at radius 1 is 1.03 bits per heavy atom. The van der Waals surface area contributed by atoms with Crippen LogP contribution in [0.25, 0.3) is 0 Å². The molecule has 3 rings (SSSR count). The minimum atomic E-state index is -2.39. The minimum Gasteiger partial charge on any atom is -0.489 e. The number of rotatable bonds is 10. The van der Waals surface area contributed by atoms with Crippen LogP contribution < -0.4 is 10.3 Å². The molecule has 1 heterocycles. The SMILES string of the molecule is CN(Cc1ccc(C(=O)Cn2ccc(OCc3ccccc3)cc2=O)cc1)CC(F)F. The van der Waals surface area contributed by atoms with E-state index in [1.54, 1.807) is 37.4 Å². The van der Waals surface area contributed by atoms with Crippen LogP contribution in [-0.4, -0.2) is 35.3 Å². The Labute approximate surface area is 179 Å². The van der Waals surface area contributed by atoms with Crippen molar-refractivity contribution in [2.24, 2.45) is 0 Å². The Bertz CT molecular complexity index is 1050. The standard InChI is InChI=1S/C24H24F2N2O3/c1-27(16-23(25)26)14-18-7-9-20(10-8-18)22(29)15-28-12-11-21(13-24(28)30)31-17-19-5-3-2-4-6-19/h2-13,23H,14-17H2,1H3. The van der Waals surface area contributed by atoms with Gasteiger partial charge in [-0.15, -0.1) is 0 Å². The predicted octanol–water partition coefficient (Wildman–Crippen LogP) is 4.01. The average molecular weight is 426 g/mol. The molecule has 31 heavy (non-hydrogen) atoms. The number of aromatic nitrogens is 1. The molecule has 0 amide bonds. The first kappa shape index (κ1) is 22.4. The van der Waals surface area contributed by atoms with Crippen LogP contribution in [-0.2, 0) is 19.7 Å². The van der Waals surface area contributed by atoms with Crippen LogP contribution in [0.15, 0.2) is 77.7 Å². The van der Waals surface area contributed by atoms with Gasteiger partial charge in [-0.25, -0.2) is 8.78 Å². The first-order valence-electron chi connectivity index (χ1n) is 9.87. The highest BCUT2D eigenvalue weighted by molar-refractivity contribution is 5.95. The van der Waals surface area contributed by atoms with Gasteiger partial charge in [-0.05, 0) is 24.2 Å². The molecule has 0 saturated heterocycles. The molecule has 0 aliphatic carbocycles. The average Bonchev–Trinajstić information content (AvgIpc) is 2.74. The van der Waals surface area contributed by atoms with E-state index < -0.39 is 6.43 Å². The minimum absolute atomic E-state index is 0.0948. The molecular formula is C24H24F2N2O3. The zero-order valence-electron chi connectivity index (χ0n) is 17.2. The van der Waals surface area contributed by atoms with Crippen molar-refractivity contribution in [3.05, 3.63) is 100.0 Å². The molecule has 7 heteroatoms. The van der Waals surface area contributed by atoms with Crippen LogP contribution in [0.3, 0.4) is 0 Å². The fraction of sp³-hybridized carbons (Fsp3) is 0.250. The number of carbonyl (C=O) groups excluding carboxylic acids is 1. The number of Topliss-reactive ketones (excluding diaryl/α,β-unsaturated/α-hetero) is 1. The monoisotopic (exact) mass is 426 g/mol. The van der Waals surface area contributed by atoms with Gasteiger partial charge >= 0.3 is 0 Å². The van der Waals surface area contributed by atoms with Gasteiger partial charge in [0.1, 0.15) is 12.4 Å². The van der Waals surface area contributed by atoms with Gasteiger partial charge in [-0.1, -0.05) is 54.6 Å². The van der Waals surface area contributed by atoms with Gasteiger partial charge in [0.05, 0.1) is 13.1 Å². The van der Waals surface area contributed by atoms with Crippen molar-refractivity contribution in [3.8, 4) is 5.75 Å². The summed E-state index contributed by atoms with van der Waals surface area (Å²) in [6.07, 6.45) is -0.854. The van der Waals surface area contributed by atoms with E-state index in [4.69, 9.17) is 4.74 Å². The highest BCUT2D eigenvalue weighted by Crippen LogP contribution is 2.12. The maximum absolute atomic E-state index is 12.5. The van der Waals surface area contributed by atoms with Crippen molar-refractivity contribution in [1.82, 2.24) is 9.47 Å². The zero-order valence-corrected chi connectivity index (χ0v) is 17.2. The molecule has 0 unspecified atom stereocenters. The molecule has 0 aliphatic heterocycles. The highest BCUT2D eigenvalue weighted by atomic mass is 19.3. The van der Waals surface area contributed by atoms with Crippen LogP contribution in [0.4, 0.5) is 8.78 Å². The van der Waals surface area contributed by atoms with Crippen molar-refractivity contribution in [1.29, 1.82) is 0 Å². The molecular weight excluding hydrogens is 402 g/mol. The molecule has 162 valence electrons. The van der Waals surface area contributed by atoms with E-state index in [-0.39, 0.29) is 24.4 Å². The summed E-state index contributed by atoms with van der Waals surface area (Å²) < 4.78 is 31.8. The van der Waals surface area contributed by atoms with Gasteiger partial charge in [-0.3, -0.25) is 14.5 Å². The maximum Gasteiger partial charge on any atom is 0.254 e. The normalized spacial score (nSPS) is 11.1. The number of hydrogen-bond donors (Lipinski definition) is 0. The Morgan fingerprint density at radius 3 is 2.39 bits per heavy atom. The van der Waals surface area contributed by atoms with E-state index in [9.17, 15) is 18.4 Å². The van der Waals surface area contributed by atoms with E-state index in [1.807, 2.05) is 30.3 Å². The highest BCUT2D eigenvalue weighted by Gasteiger charge is 2.11. The molecule has 1 aromatic heterocycles. The van der Waals surface area contributed by atoms with Gasteiger partial charge in [0.25, 0.3) is 12.0 Å². The van der Waals surface area contributed by atoms with Crippen LogP contribution in [0.5, 0.6) is 5.75 Å². The van der Waals surface area contributed by atoms with E-state index in [2.05, 4.69) is 0 Å². The summed E-state index contributed by atoms with van der Waals surface area (Å²) in [7, 11) is 1.62. The molecule has 0 radical (unpaired) electrons. The second-order valence-electron chi connectivity index (χ2n) is 7.31. The second-order valence-corrected chi connectivity index (χ2v) is 7.31. The van der Waals surface area contributed by atoms with Gasteiger partial charge in [-0.2, -0.15) is 0 Å². The maximum atomic E-state index is 12.5. The smallest absolute Gasteiger partial charge is 0.254 e. The number of ketones is 1. The van der Waals surface area contributed by atoms with Gasteiger partial charge < -0.3 is 9.30 Å². The second kappa shape index (κ2) is 10.6. The number of carbonyl (C=O) groups is 1. The fourth-order valence-corrected chi connectivity index (χ4v) is 3.10. The van der Waals surface area contributed by atoms with Crippen molar-refractivity contribution in [3.63, 3.8) is 0 Å². The summed E-state index contributed by atoms with van der Waals surface area (Å²) >= 11 is 0. The first-order chi connectivity index (χ1) is 14.9. The first-order valence-corrected chi connectivity index (χ1v) is 9.87. The van der Waals surface area contributed by atoms with Gasteiger partial charge in [0.15, 0.2) is 5.78 Å². The molecule has 5 nitrogen and oxygen atoms in total. The van der Waals surface area contributed by atoms with Crippen molar-refractivity contribution in [2.75, 3.05) is 13.6 Å². The molecule has 0 atom stereocenters. The number of ether oxygens (including phenoxy) is 1. The Morgan fingerprint density at radius 2 is 1.74 bits per heavy atom. The molecule has 0 N–H and O–H groups in total. The fourth-order valence-electron chi connectivity index (χ4n) is 3.10. The lowest BCUT2D eigenvalue weighted by molar-refractivity contribution is 0.0969. The molecule has 0 bridgehead atoms. The predicted molar refractivity (Wildman–Crippen MR) is 115 cm³/mol. The number of nitrogens with zero attached hydrogens (tertiary/aromatic N) is 2.